The molecule has 0 bridgehead atoms. The predicted octanol–water partition coefficient (Wildman–Crippen LogP) is 13.6. The molecule has 0 fully saturated rings. The van der Waals surface area contributed by atoms with Gasteiger partial charge in [0, 0.05) is 27.5 Å². The number of benzene rings is 9. The number of fused-ring (bicyclic) bond motifs is 8. The average molecular weight is 702 g/mol. The third-order valence-electron chi connectivity index (χ3n) is 10.7. The summed E-state index contributed by atoms with van der Waals surface area (Å²) in [5, 5.41) is 9.39. The van der Waals surface area contributed by atoms with Crippen LogP contribution in [0, 0.1) is 0 Å². The lowest BCUT2D eigenvalue weighted by molar-refractivity contribution is 0.669. The van der Waals surface area contributed by atoms with Gasteiger partial charge in [0.05, 0.1) is 0 Å². The largest absolute Gasteiger partial charge is 0.456 e. The van der Waals surface area contributed by atoms with Crippen molar-refractivity contribution >= 4 is 54.3 Å². The monoisotopic (exact) mass is 701 g/mol. The quantitative estimate of drug-likeness (QED) is 0.168. The molecule has 0 spiro atoms. The minimum atomic E-state index is 0.592. The van der Waals surface area contributed by atoms with Crippen molar-refractivity contribution in [1.29, 1.82) is 0 Å². The van der Waals surface area contributed by atoms with Crippen molar-refractivity contribution in [2.75, 3.05) is 0 Å². The van der Waals surface area contributed by atoms with Crippen molar-refractivity contribution in [3.63, 3.8) is 0 Å². The number of rotatable bonds is 5. The molecule has 11 aromatic rings. The minimum absolute atomic E-state index is 0.592. The molecule has 9 aromatic carbocycles. The summed E-state index contributed by atoms with van der Waals surface area (Å²) in [4.78, 5) is 15.7. The first-order valence-electron chi connectivity index (χ1n) is 18.5. The molecular weight excluding hydrogens is 671 g/mol. The number of para-hydroxylation sites is 1. The maximum absolute atomic E-state index is 6.30. The average Bonchev–Trinajstić information content (AvgIpc) is 3.65. The Morgan fingerprint density at radius 2 is 0.873 bits per heavy atom. The summed E-state index contributed by atoms with van der Waals surface area (Å²) in [5.41, 5.74) is 8.86. The van der Waals surface area contributed by atoms with Crippen molar-refractivity contribution in [2.24, 2.45) is 0 Å². The molecule has 0 amide bonds. The molecule has 0 saturated heterocycles. The number of hydrogen-bond acceptors (Lipinski definition) is 4. The van der Waals surface area contributed by atoms with Gasteiger partial charge in [-0.3, -0.25) is 0 Å². The topological polar surface area (TPSA) is 51.8 Å². The van der Waals surface area contributed by atoms with Gasteiger partial charge >= 0.3 is 0 Å². The normalized spacial score (nSPS) is 11.6. The maximum Gasteiger partial charge on any atom is 0.164 e. The second-order valence-corrected chi connectivity index (χ2v) is 14.0. The molecule has 0 aliphatic rings. The van der Waals surface area contributed by atoms with Crippen LogP contribution in [0.4, 0.5) is 0 Å². The minimum Gasteiger partial charge on any atom is -0.456 e. The van der Waals surface area contributed by atoms with Crippen LogP contribution < -0.4 is 0 Å². The van der Waals surface area contributed by atoms with E-state index in [1.54, 1.807) is 0 Å². The summed E-state index contributed by atoms with van der Waals surface area (Å²) in [6.07, 6.45) is 0. The molecule has 0 atom stereocenters. The van der Waals surface area contributed by atoms with Gasteiger partial charge in [-0.2, -0.15) is 0 Å². The summed E-state index contributed by atoms with van der Waals surface area (Å²) < 4.78 is 6.30. The molecule has 2 heterocycles. The van der Waals surface area contributed by atoms with E-state index in [-0.39, 0.29) is 0 Å². The highest BCUT2D eigenvalue weighted by Gasteiger charge is 2.19. The molecule has 2 aromatic heterocycles. The fourth-order valence-corrected chi connectivity index (χ4v) is 8.12. The number of nitrogens with zero attached hydrogens (tertiary/aromatic N) is 3. The lowest BCUT2D eigenvalue weighted by atomic mass is 9.89. The van der Waals surface area contributed by atoms with Gasteiger partial charge in [-0.05, 0) is 84.9 Å². The van der Waals surface area contributed by atoms with Crippen LogP contribution in [0.2, 0.25) is 0 Å². The van der Waals surface area contributed by atoms with E-state index in [0.29, 0.717) is 17.5 Å². The van der Waals surface area contributed by atoms with E-state index in [1.807, 2.05) is 36.4 Å². The summed E-state index contributed by atoms with van der Waals surface area (Å²) in [7, 11) is 0. The molecule has 11 rings (SSSR count). The van der Waals surface area contributed by atoms with Gasteiger partial charge in [-0.15, -0.1) is 0 Å². The molecule has 0 unspecified atom stereocenters. The van der Waals surface area contributed by atoms with Gasteiger partial charge < -0.3 is 4.42 Å². The second kappa shape index (κ2) is 12.6. The lowest BCUT2D eigenvalue weighted by Crippen LogP contribution is -2.01. The zero-order chi connectivity index (χ0) is 36.3. The number of hydrogen-bond donors (Lipinski definition) is 0. The zero-order valence-electron chi connectivity index (χ0n) is 29.6. The first kappa shape index (κ1) is 31.1. The van der Waals surface area contributed by atoms with Gasteiger partial charge in [0.15, 0.2) is 17.5 Å². The maximum atomic E-state index is 6.30. The highest BCUT2D eigenvalue weighted by atomic mass is 16.3. The van der Waals surface area contributed by atoms with Gasteiger partial charge in [-0.25, -0.2) is 15.0 Å². The van der Waals surface area contributed by atoms with Crippen LogP contribution in [0.25, 0.3) is 111 Å². The van der Waals surface area contributed by atoms with Crippen LogP contribution in [0.15, 0.2) is 192 Å². The zero-order valence-corrected chi connectivity index (χ0v) is 29.6. The fourth-order valence-electron chi connectivity index (χ4n) is 8.12. The van der Waals surface area contributed by atoms with E-state index >= 15 is 0 Å². The predicted molar refractivity (Wildman–Crippen MR) is 227 cm³/mol. The molecule has 4 heteroatoms. The van der Waals surface area contributed by atoms with E-state index in [4.69, 9.17) is 19.4 Å². The molecule has 0 N–H and O–H groups in total. The fraction of sp³-hybridized carbons (Fsp3) is 0. The Balaban J connectivity index is 1.15. The molecule has 0 aliphatic heterocycles. The molecule has 0 aliphatic carbocycles. The third-order valence-corrected chi connectivity index (χ3v) is 10.7. The second-order valence-electron chi connectivity index (χ2n) is 14.0. The van der Waals surface area contributed by atoms with Crippen molar-refractivity contribution in [3.05, 3.63) is 188 Å². The first-order valence-corrected chi connectivity index (χ1v) is 18.5. The highest BCUT2D eigenvalue weighted by Crippen LogP contribution is 2.41. The molecule has 4 nitrogen and oxygen atoms in total. The first-order chi connectivity index (χ1) is 27.2. The highest BCUT2D eigenvalue weighted by molar-refractivity contribution is 6.23. The molecule has 0 saturated carbocycles. The van der Waals surface area contributed by atoms with Crippen LogP contribution in [0.3, 0.4) is 0 Å². The Hall–Kier alpha value is -7.43. The lowest BCUT2D eigenvalue weighted by Gasteiger charge is -2.15. The van der Waals surface area contributed by atoms with E-state index in [9.17, 15) is 0 Å². The van der Waals surface area contributed by atoms with Crippen molar-refractivity contribution < 1.29 is 4.42 Å². The Morgan fingerprint density at radius 3 is 1.69 bits per heavy atom. The van der Waals surface area contributed by atoms with Crippen LogP contribution in [-0.4, -0.2) is 15.0 Å². The van der Waals surface area contributed by atoms with Gasteiger partial charge in [0.25, 0.3) is 0 Å². The summed E-state index contributed by atoms with van der Waals surface area (Å²) >= 11 is 0. The van der Waals surface area contributed by atoms with Crippen molar-refractivity contribution in [1.82, 2.24) is 15.0 Å². The molecular formula is C51H31N3O. The number of furan rings is 1. The van der Waals surface area contributed by atoms with Crippen LogP contribution in [0.5, 0.6) is 0 Å². The van der Waals surface area contributed by atoms with Gasteiger partial charge in [-0.1, -0.05) is 158 Å². The summed E-state index contributed by atoms with van der Waals surface area (Å²) in [6, 6.07) is 65.8. The Morgan fingerprint density at radius 1 is 0.291 bits per heavy atom. The third kappa shape index (κ3) is 5.26. The molecule has 256 valence electrons. The molecule has 55 heavy (non-hydrogen) atoms. The SMILES string of the molecule is c1ccc(-c2cccc(-c3nc(-c4cccc(-c5cc6ccccc6c6ccc7ccccc7c56)c4)nc(-c4cccc5oc6ccccc6c45)n3)c2)cc1. The van der Waals surface area contributed by atoms with Gasteiger partial charge in [0.1, 0.15) is 11.2 Å². The van der Waals surface area contributed by atoms with Crippen molar-refractivity contribution in [3.8, 4) is 56.4 Å². The van der Waals surface area contributed by atoms with E-state index in [0.717, 1.165) is 55.3 Å². The Kier molecular flexibility index (Phi) is 7.14. The van der Waals surface area contributed by atoms with E-state index < -0.39 is 0 Å². The van der Waals surface area contributed by atoms with Gasteiger partial charge in [0.2, 0.25) is 0 Å². The Bertz CT molecular complexity index is 3270. The van der Waals surface area contributed by atoms with E-state index in [2.05, 4.69) is 152 Å². The Labute approximate surface area is 317 Å². The van der Waals surface area contributed by atoms with E-state index in [1.165, 1.54) is 37.9 Å². The van der Waals surface area contributed by atoms with Crippen LogP contribution in [0.1, 0.15) is 0 Å². The standard InChI is InChI=1S/C51H31N3O/c1-2-13-32(14-3-1)34-17-10-19-37(29-34)49-52-50(54-51(53-49)43-24-12-26-46-48(43)42-23-8-9-25-45(42)55-46)38-20-11-18-35(30-38)44-31-36-16-5-6-21-39(36)41-28-27-33-15-4-7-22-40(33)47(41)44/h1-31H. The smallest absolute Gasteiger partial charge is 0.164 e. The van der Waals surface area contributed by atoms with Crippen LogP contribution >= 0.6 is 0 Å². The number of aromatic nitrogens is 3. The van der Waals surface area contributed by atoms with Crippen LogP contribution in [-0.2, 0) is 0 Å². The summed E-state index contributed by atoms with van der Waals surface area (Å²) in [5.74, 6) is 1.80. The molecule has 0 radical (unpaired) electrons. The van der Waals surface area contributed by atoms with Crippen molar-refractivity contribution in [2.45, 2.75) is 0 Å². The summed E-state index contributed by atoms with van der Waals surface area (Å²) in [6.45, 7) is 0.